The summed E-state index contributed by atoms with van der Waals surface area (Å²) in [6.45, 7) is 8.70. The van der Waals surface area contributed by atoms with E-state index in [0.717, 1.165) is 43.9 Å². The Morgan fingerprint density at radius 1 is 0.906 bits per heavy atom. The van der Waals surface area contributed by atoms with Crippen LogP contribution < -0.4 is 0 Å². The Bertz CT molecular complexity index is 1040. The maximum atomic E-state index is 13.1. The van der Waals surface area contributed by atoms with Gasteiger partial charge in [-0.15, -0.1) is 0 Å². The van der Waals surface area contributed by atoms with Crippen molar-refractivity contribution < 1.29 is 13.2 Å². The van der Waals surface area contributed by atoms with Crippen molar-refractivity contribution in [2.24, 2.45) is 5.92 Å². The Morgan fingerprint density at radius 2 is 1.56 bits per heavy atom. The van der Waals surface area contributed by atoms with Crippen LogP contribution in [-0.2, 0) is 21.4 Å². The van der Waals surface area contributed by atoms with Gasteiger partial charge in [-0.25, -0.2) is 8.42 Å². The predicted octanol–water partition coefficient (Wildman–Crippen LogP) is 3.05. The molecule has 0 unspecified atom stereocenters. The molecule has 0 N–H and O–H groups in total. The fourth-order valence-electron chi connectivity index (χ4n) is 4.69. The van der Waals surface area contributed by atoms with Gasteiger partial charge in [0, 0.05) is 51.7 Å². The molecule has 7 heteroatoms. The molecule has 0 radical (unpaired) electrons. The second-order valence-corrected chi connectivity index (χ2v) is 10.9. The van der Waals surface area contributed by atoms with Gasteiger partial charge in [0.2, 0.25) is 15.9 Å². The van der Waals surface area contributed by atoms with Gasteiger partial charge in [0.1, 0.15) is 0 Å². The van der Waals surface area contributed by atoms with Crippen molar-refractivity contribution in [1.82, 2.24) is 14.1 Å². The maximum Gasteiger partial charge on any atom is 0.243 e. The molecule has 1 amide bonds. The van der Waals surface area contributed by atoms with Gasteiger partial charge in [-0.1, -0.05) is 42.5 Å². The molecule has 0 bridgehead atoms. The monoisotopic (exact) mass is 455 g/mol. The number of aryl methyl sites for hydroxylation is 2. The van der Waals surface area contributed by atoms with E-state index in [1.54, 1.807) is 10.4 Å². The van der Waals surface area contributed by atoms with Crippen molar-refractivity contribution >= 4 is 15.9 Å². The summed E-state index contributed by atoms with van der Waals surface area (Å²) in [6, 6.07) is 15.9. The summed E-state index contributed by atoms with van der Waals surface area (Å²) in [5.74, 6) is 0.105. The predicted molar refractivity (Wildman–Crippen MR) is 126 cm³/mol. The molecule has 2 aliphatic heterocycles. The van der Waals surface area contributed by atoms with Crippen LogP contribution >= 0.6 is 0 Å². The van der Waals surface area contributed by atoms with Crippen molar-refractivity contribution in [3.8, 4) is 0 Å². The van der Waals surface area contributed by atoms with Crippen molar-refractivity contribution in [1.29, 1.82) is 0 Å². The van der Waals surface area contributed by atoms with Gasteiger partial charge in [0.25, 0.3) is 0 Å². The van der Waals surface area contributed by atoms with Gasteiger partial charge < -0.3 is 4.90 Å². The fraction of sp³-hybridized carbons (Fsp3) is 0.480. The first-order valence-electron chi connectivity index (χ1n) is 11.5. The molecule has 0 atom stereocenters. The minimum Gasteiger partial charge on any atom is -0.340 e. The zero-order valence-corrected chi connectivity index (χ0v) is 19.9. The second kappa shape index (κ2) is 9.73. The first-order valence-corrected chi connectivity index (χ1v) is 12.9. The number of amides is 1. The molecule has 2 heterocycles. The first kappa shape index (κ1) is 23.0. The van der Waals surface area contributed by atoms with Gasteiger partial charge in [-0.05, 0) is 49.4 Å². The molecular formula is C25H33N3O3S. The molecule has 2 aliphatic rings. The second-order valence-electron chi connectivity index (χ2n) is 9.03. The largest absolute Gasteiger partial charge is 0.340 e. The van der Waals surface area contributed by atoms with E-state index in [-0.39, 0.29) is 11.8 Å². The molecule has 2 saturated heterocycles. The molecular weight excluding hydrogens is 422 g/mol. The third kappa shape index (κ3) is 5.05. The number of piperidine rings is 1. The number of sulfonamides is 1. The van der Waals surface area contributed by atoms with E-state index in [1.807, 2.05) is 36.9 Å². The Kier molecular flexibility index (Phi) is 6.98. The average molecular weight is 456 g/mol. The average Bonchev–Trinajstić information content (AvgIpc) is 2.81. The normalized spacial score (nSPS) is 19.2. The van der Waals surface area contributed by atoms with Crippen molar-refractivity contribution in [2.45, 2.75) is 38.1 Å². The topological polar surface area (TPSA) is 60.9 Å². The van der Waals surface area contributed by atoms with Gasteiger partial charge in [0.15, 0.2) is 0 Å². The zero-order valence-electron chi connectivity index (χ0n) is 19.0. The van der Waals surface area contributed by atoms with E-state index in [1.165, 1.54) is 5.56 Å². The summed E-state index contributed by atoms with van der Waals surface area (Å²) in [5, 5.41) is 0. The Hall–Kier alpha value is -2.22. The van der Waals surface area contributed by atoms with Gasteiger partial charge in [-0.2, -0.15) is 4.31 Å². The standard InChI is InChI=1S/C25H33N3O3S/c1-20-8-9-21(2)24(18-20)32(30,31)28-12-10-23(11-13-28)25(29)27-16-14-26(15-17-27)19-22-6-4-3-5-7-22/h3-9,18,23H,10-17,19H2,1-2H3. The van der Waals surface area contributed by atoms with E-state index in [2.05, 4.69) is 29.2 Å². The van der Waals surface area contributed by atoms with Crippen molar-refractivity contribution in [3.05, 3.63) is 65.2 Å². The lowest BCUT2D eigenvalue weighted by molar-refractivity contribution is -0.138. The van der Waals surface area contributed by atoms with E-state index in [0.29, 0.717) is 30.8 Å². The van der Waals surface area contributed by atoms with Crippen LogP contribution in [0.4, 0.5) is 0 Å². The fourth-order valence-corrected chi connectivity index (χ4v) is 6.47. The lowest BCUT2D eigenvalue weighted by atomic mass is 9.96. The van der Waals surface area contributed by atoms with E-state index < -0.39 is 10.0 Å². The summed E-state index contributed by atoms with van der Waals surface area (Å²) in [7, 11) is -3.52. The highest BCUT2D eigenvalue weighted by atomic mass is 32.2. The van der Waals surface area contributed by atoms with Crippen LogP contribution in [0.25, 0.3) is 0 Å². The van der Waals surface area contributed by atoms with Gasteiger partial charge >= 0.3 is 0 Å². The number of carbonyl (C=O) groups excluding carboxylic acids is 1. The number of hydrogen-bond donors (Lipinski definition) is 0. The van der Waals surface area contributed by atoms with Gasteiger partial charge in [0.05, 0.1) is 4.90 Å². The smallest absolute Gasteiger partial charge is 0.243 e. The molecule has 32 heavy (non-hydrogen) atoms. The number of rotatable bonds is 5. The van der Waals surface area contributed by atoms with Crippen LogP contribution in [0.5, 0.6) is 0 Å². The Balaban J connectivity index is 1.30. The summed E-state index contributed by atoms with van der Waals surface area (Å²) in [4.78, 5) is 17.8. The highest BCUT2D eigenvalue weighted by Crippen LogP contribution is 2.27. The van der Waals surface area contributed by atoms with Crippen LogP contribution in [-0.4, -0.2) is 67.7 Å². The minimum atomic E-state index is -3.52. The highest BCUT2D eigenvalue weighted by Gasteiger charge is 2.35. The highest BCUT2D eigenvalue weighted by molar-refractivity contribution is 7.89. The number of benzene rings is 2. The third-order valence-electron chi connectivity index (χ3n) is 6.70. The lowest BCUT2D eigenvalue weighted by Gasteiger charge is -2.38. The third-order valence-corrected chi connectivity index (χ3v) is 8.74. The van der Waals surface area contributed by atoms with Crippen LogP contribution in [0.2, 0.25) is 0 Å². The molecule has 6 nitrogen and oxygen atoms in total. The first-order chi connectivity index (χ1) is 15.3. The molecule has 4 rings (SSSR count). The minimum absolute atomic E-state index is 0.0827. The van der Waals surface area contributed by atoms with E-state index in [4.69, 9.17) is 0 Å². The van der Waals surface area contributed by atoms with Gasteiger partial charge in [-0.3, -0.25) is 9.69 Å². The number of piperazine rings is 1. The Morgan fingerprint density at radius 3 is 2.22 bits per heavy atom. The molecule has 0 saturated carbocycles. The van der Waals surface area contributed by atoms with Crippen LogP contribution in [0.1, 0.15) is 29.5 Å². The number of nitrogens with zero attached hydrogens (tertiary/aromatic N) is 3. The van der Waals surface area contributed by atoms with E-state index in [9.17, 15) is 13.2 Å². The quantitative estimate of drug-likeness (QED) is 0.695. The summed E-state index contributed by atoms with van der Waals surface area (Å²) < 4.78 is 27.9. The molecule has 0 spiro atoms. The van der Waals surface area contributed by atoms with Crippen LogP contribution in [0.3, 0.4) is 0 Å². The van der Waals surface area contributed by atoms with E-state index >= 15 is 0 Å². The van der Waals surface area contributed by atoms with Crippen LogP contribution in [0.15, 0.2) is 53.4 Å². The summed E-state index contributed by atoms with van der Waals surface area (Å²) in [6.07, 6.45) is 1.18. The number of hydrogen-bond acceptors (Lipinski definition) is 4. The SMILES string of the molecule is Cc1ccc(C)c(S(=O)(=O)N2CCC(C(=O)N3CCN(Cc4ccccc4)CC3)CC2)c1. The molecule has 0 aliphatic carbocycles. The van der Waals surface area contributed by atoms with Crippen molar-refractivity contribution in [3.63, 3.8) is 0 Å². The summed E-state index contributed by atoms with van der Waals surface area (Å²) in [5.41, 5.74) is 3.00. The summed E-state index contributed by atoms with van der Waals surface area (Å²) >= 11 is 0. The number of carbonyl (C=O) groups is 1. The van der Waals surface area contributed by atoms with Crippen molar-refractivity contribution in [2.75, 3.05) is 39.3 Å². The maximum absolute atomic E-state index is 13.1. The zero-order chi connectivity index (χ0) is 22.7. The molecule has 2 aromatic rings. The molecule has 2 fully saturated rings. The molecule has 2 aromatic carbocycles. The van der Waals surface area contributed by atoms with Crippen LogP contribution in [0, 0.1) is 19.8 Å². The Labute approximate surface area is 191 Å². The lowest BCUT2D eigenvalue weighted by Crippen LogP contribution is -2.51. The molecule has 0 aromatic heterocycles. The molecule has 172 valence electrons.